The molecule has 0 aliphatic rings. The number of likely N-dealkylation sites (N-methyl/N-ethyl adjacent to an activating group) is 1. The third kappa shape index (κ3) is 8.58. The summed E-state index contributed by atoms with van der Waals surface area (Å²) in [5.74, 6) is 0. The second-order valence-corrected chi connectivity index (χ2v) is 5.41. The Balaban J connectivity index is 4.00. The van der Waals surface area contributed by atoms with Crippen molar-refractivity contribution < 1.29 is 0 Å². The molecule has 0 aromatic rings. The summed E-state index contributed by atoms with van der Waals surface area (Å²) in [5, 5.41) is 3.56. The molecule has 3 heteroatoms. The van der Waals surface area contributed by atoms with Crippen molar-refractivity contribution in [2.75, 3.05) is 40.3 Å². The van der Waals surface area contributed by atoms with E-state index in [4.69, 9.17) is 0 Å². The standard InChI is InChI=1S/C14H33N3/c1-7-14(12-15-13(3)4)17(8-2)11-9-10-16(5)6/h13-15H,7-12H2,1-6H3. The van der Waals surface area contributed by atoms with E-state index in [1.807, 2.05) is 0 Å². The second-order valence-electron chi connectivity index (χ2n) is 5.41. The molecule has 0 fully saturated rings. The van der Waals surface area contributed by atoms with Gasteiger partial charge in [0.25, 0.3) is 0 Å². The molecule has 0 saturated carbocycles. The first-order valence-corrected chi connectivity index (χ1v) is 7.13. The van der Waals surface area contributed by atoms with Gasteiger partial charge in [0, 0.05) is 18.6 Å². The van der Waals surface area contributed by atoms with Crippen LogP contribution in [0.2, 0.25) is 0 Å². The highest BCUT2D eigenvalue weighted by Crippen LogP contribution is 2.05. The van der Waals surface area contributed by atoms with Gasteiger partial charge in [0.2, 0.25) is 0 Å². The van der Waals surface area contributed by atoms with Crippen molar-refractivity contribution in [2.45, 2.75) is 52.6 Å². The van der Waals surface area contributed by atoms with Crippen molar-refractivity contribution in [1.82, 2.24) is 15.1 Å². The van der Waals surface area contributed by atoms with Crippen LogP contribution in [0.25, 0.3) is 0 Å². The van der Waals surface area contributed by atoms with E-state index in [1.54, 1.807) is 0 Å². The maximum absolute atomic E-state index is 3.56. The third-order valence-electron chi connectivity index (χ3n) is 3.21. The Hall–Kier alpha value is -0.120. The molecule has 1 N–H and O–H groups in total. The molecule has 0 spiro atoms. The van der Waals surface area contributed by atoms with E-state index in [-0.39, 0.29) is 0 Å². The van der Waals surface area contributed by atoms with Crippen LogP contribution < -0.4 is 5.32 Å². The summed E-state index contributed by atoms with van der Waals surface area (Å²) in [5.41, 5.74) is 0. The van der Waals surface area contributed by atoms with Gasteiger partial charge in [-0.3, -0.25) is 4.90 Å². The normalized spacial score (nSPS) is 13.9. The summed E-state index contributed by atoms with van der Waals surface area (Å²) < 4.78 is 0. The minimum absolute atomic E-state index is 0.588. The lowest BCUT2D eigenvalue weighted by Crippen LogP contribution is -2.44. The molecule has 0 aromatic heterocycles. The predicted octanol–water partition coefficient (Wildman–Crippen LogP) is 2.04. The van der Waals surface area contributed by atoms with Gasteiger partial charge in [-0.15, -0.1) is 0 Å². The Morgan fingerprint density at radius 3 is 2.12 bits per heavy atom. The third-order valence-corrected chi connectivity index (χ3v) is 3.21. The summed E-state index contributed by atoms with van der Waals surface area (Å²) >= 11 is 0. The van der Waals surface area contributed by atoms with Gasteiger partial charge in [-0.25, -0.2) is 0 Å². The smallest absolute Gasteiger partial charge is 0.0218 e. The summed E-state index contributed by atoms with van der Waals surface area (Å²) in [7, 11) is 4.29. The highest BCUT2D eigenvalue weighted by Gasteiger charge is 2.14. The molecule has 1 unspecified atom stereocenters. The van der Waals surface area contributed by atoms with Crippen LogP contribution in [-0.4, -0.2) is 62.2 Å². The number of hydrogen-bond acceptors (Lipinski definition) is 3. The summed E-state index contributed by atoms with van der Waals surface area (Å²) in [6.45, 7) is 13.7. The first-order chi connectivity index (χ1) is 8.01. The molecule has 0 rings (SSSR count). The van der Waals surface area contributed by atoms with Gasteiger partial charge in [-0.1, -0.05) is 27.7 Å². The second kappa shape index (κ2) is 9.86. The highest BCUT2D eigenvalue weighted by atomic mass is 15.2. The Labute approximate surface area is 109 Å². The van der Waals surface area contributed by atoms with Crippen LogP contribution in [-0.2, 0) is 0 Å². The average Bonchev–Trinajstić information content (AvgIpc) is 2.26. The van der Waals surface area contributed by atoms with Crippen molar-refractivity contribution in [3.05, 3.63) is 0 Å². The van der Waals surface area contributed by atoms with Gasteiger partial charge in [-0.05, 0) is 46.6 Å². The SMILES string of the molecule is CCC(CNC(C)C)N(CC)CCCN(C)C. The predicted molar refractivity (Wildman–Crippen MR) is 77.6 cm³/mol. The van der Waals surface area contributed by atoms with E-state index >= 15 is 0 Å². The van der Waals surface area contributed by atoms with E-state index < -0.39 is 0 Å². The molecule has 3 nitrogen and oxygen atoms in total. The fourth-order valence-electron chi connectivity index (χ4n) is 2.09. The Kier molecular flexibility index (Phi) is 9.79. The van der Waals surface area contributed by atoms with Crippen LogP contribution in [0.4, 0.5) is 0 Å². The molecule has 0 aliphatic carbocycles. The molecule has 0 saturated heterocycles. The topological polar surface area (TPSA) is 18.5 Å². The van der Waals surface area contributed by atoms with Crippen molar-refractivity contribution >= 4 is 0 Å². The molecule has 0 amide bonds. The van der Waals surface area contributed by atoms with Crippen LogP contribution in [0.5, 0.6) is 0 Å². The van der Waals surface area contributed by atoms with Crippen molar-refractivity contribution in [3.8, 4) is 0 Å². The van der Waals surface area contributed by atoms with Crippen molar-refractivity contribution in [1.29, 1.82) is 0 Å². The first-order valence-electron chi connectivity index (χ1n) is 7.13. The molecular formula is C14H33N3. The van der Waals surface area contributed by atoms with E-state index in [0.717, 1.165) is 13.1 Å². The van der Waals surface area contributed by atoms with E-state index in [0.29, 0.717) is 12.1 Å². The van der Waals surface area contributed by atoms with Gasteiger partial charge >= 0.3 is 0 Å². The highest BCUT2D eigenvalue weighted by molar-refractivity contribution is 4.73. The van der Waals surface area contributed by atoms with Gasteiger partial charge in [0.1, 0.15) is 0 Å². The summed E-state index contributed by atoms with van der Waals surface area (Å²) in [6.07, 6.45) is 2.49. The molecule has 0 bridgehead atoms. The molecular weight excluding hydrogens is 210 g/mol. The Bertz CT molecular complexity index is 169. The molecule has 0 radical (unpaired) electrons. The quantitative estimate of drug-likeness (QED) is 0.633. The van der Waals surface area contributed by atoms with Crippen LogP contribution >= 0.6 is 0 Å². The first kappa shape index (κ1) is 16.9. The fraction of sp³-hybridized carbons (Fsp3) is 1.00. The Morgan fingerprint density at radius 1 is 1.06 bits per heavy atom. The minimum atomic E-state index is 0.588. The largest absolute Gasteiger partial charge is 0.313 e. The van der Waals surface area contributed by atoms with E-state index in [2.05, 4.69) is 56.9 Å². The molecule has 1 atom stereocenters. The molecule has 0 aliphatic heterocycles. The van der Waals surface area contributed by atoms with Crippen molar-refractivity contribution in [3.63, 3.8) is 0 Å². The maximum Gasteiger partial charge on any atom is 0.0218 e. The van der Waals surface area contributed by atoms with Crippen LogP contribution in [0.3, 0.4) is 0 Å². The summed E-state index contributed by atoms with van der Waals surface area (Å²) in [4.78, 5) is 4.88. The lowest BCUT2D eigenvalue weighted by molar-refractivity contribution is 0.184. The van der Waals surface area contributed by atoms with Crippen LogP contribution in [0.15, 0.2) is 0 Å². The van der Waals surface area contributed by atoms with Gasteiger partial charge in [0.05, 0.1) is 0 Å². The zero-order chi connectivity index (χ0) is 13.3. The van der Waals surface area contributed by atoms with Gasteiger partial charge < -0.3 is 10.2 Å². The zero-order valence-corrected chi connectivity index (χ0v) is 12.8. The van der Waals surface area contributed by atoms with Crippen LogP contribution in [0.1, 0.15) is 40.5 Å². The lowest BCUT2D eigenvalue weighted by Gasteiger charge is -2.31. The summed E-state index contributed by atoms with van der Waals surface area (Å²) in [6, 6.07) is 1.27. The number of hydrogen-bond donors (Lipinski definition) is 1. The van der Waals surface area contributed by atoms with Gasteiger partial charge in [0.15, 0.2) is 0 Å². The number of nitrogens with zero attached hydrogens (tertiary/aromatic N) is 2. The monoisotopic (exact) mass is 243 g/mol. The minimum Gasteiger partial charge on any atom is -0.313 e. The fourth-order valence-corrected chi connectivity index (χ4v) is 2.09. The molecule has 17 heavy (non-hydrogen) atoms. The van der Waals surface area contributed by atoms with Gasteiger partial charge in [-0.2, -0.15) is 0 Å². The number of rotatable bonds is 10. The van der Waals surface area contributed by atoms with E-state index in [1.165, 1.54) is 25.9 Å². The molecule has 104 valence electrons. The van der Waals surface area contributed by atoms with E-state index in [9.17, 15) is 0 Å². The molecule has 0 aromatic carbocycles. The average molecular weight is 243 g/mol. The Morgan fingerprint density at radius 2 is 1.71 bits per heavy atom. The zero-order valence-electron chi connectivity index (χ0n) is 12.8. The maximum atomic E-state index is 3.56. The van der Waals surface area contributed by atoms with Crippen LogP contribution in [0, 0.1) is 0 Å². The molecule has 0 heterocycles. The van der Waals surface area contributed by atoms with Crippen molar-refractivity contribution in [2.24, 2.45) is 0 Å². The lowest BCUT2D eigenvalue weighted by atomic mass is 10.1. The number of nitrogens with one attached hydrogen (secondary N) is 1.